The Kier molecular flexibility index (Phi) is 1.84. The molecule has 0 bridgehead atoms. The third-order valence-corrected chi connectivity index (χ3v) is 3.62. The Balaban J connectivity index is 1.95. The molecule has 2 heteroatoms. The highest BCUT2D eigenvalue weighted by Crippen LogP contribution is 2.30. The smallest absolute Gasteiger partial charge is 0.0829 e. The van der Waals surface area contributed by atoms with Crippen LogP contribution in [0.4, 0.5) is 0 Å². The Labute approximate surface area is 90.4 Å². The standard InChI is InChI=1S/C13H16N2/c1-10-2-3-11-4-5-13(7-12(11)6-10)8-14-9-15-13/h2-3,6,9H,4-5,7-8H2,1H3,(H,14,15)/t13-/m0/s1. The Hall–Kier alpha value is -1.31. The van der Waals surface area contributed by atoms with Crippen LogP contribution in [0.25, 0.3) is 0 Å². The maximum absolute atomic E-state index is 4.32. The van der Waals surface area contributed by atoms with Gasteiger partial charge in [0.1, 0.15) is 0 Å². The molecule has 15 heavy (non-hydrogen) atoms. The lowest BCUT2D eigenvalue weighted by Crippen LogP contribution is -2.47. The summed E-state index contributed by atoms with van der Waals surface area (Å²) in [6.45, 7) is 3.11. The largest absolute Gasteiger partial charge is 0.369 e. The van der Waals surface area contributed by atoms with Gasteiger partial charge in [0.15, 0.2) is 0 Å². The number of aliphatic imine (C=N–C) groups is 1. The van der Waals surface area contributed by atoms with Crippen molar-refractivity contribution >= 4 is 6.34 Å². The normalized spacial score (nSPS) is 27.8. The van der Waals surface area contributed by atoms with Crippen molar-refractivity contribution in [2.24, 2.45) is 4.99 Å². The van der Waals surface area contributed by atoms with Crippen LogP contribution in [-0.4, -0.2) is 18.4 Å². The first-order valence-electron chi connectivity index (χ1n) is 5.62. The number of benzene rings is 1. The van der Waals surface area contributed by atoms with Gasteiger partial charge in [0.2, 0.25) is 0 Å². The molecule has 1 N–H and O–H groups in total. The summed E-state index contributed by atoms with van der Waals surface area (Å²) in [5, 5.41) is 3.44. The topological polar surface area (TPSA) is 24.4 Å². The quantitative estimate of drug-likeness (QED) is 0.679. The molecular weight excluding hydrogens is 184 g/mol. The second-order valence-corrected chi connectivity index (χ2v) is 4.84. The molecular formula is C13H16N2. The summed E-state index contributed by atoms with van der Waals surface area (Å²) in [4.78, 5) is 4.32. The highest BCUT2D eigenvalue weighted by atomic mass is 15.1. The van der Waals surface area contributed by atoms with Crippen molar-refractivity contribution in [2.45, 2.75) is 31.7 Å². The fourth-order valence-electron chi connectivity index (χ4n) is 2.70. The summed E-state index contributed by atoms with van der Waals surface area (Å²) in [5.74, 6) is 0. The Morgan fingerprint density at radius 2 is 2.27 bits per heavy atom. The minimum atomic E-state index is 0.237. The average molecular weight is 200 g/mol. The molecule has 2 aliphatic rings. The van der Waals surface area contributed by atoms with Crippen LogP contribution in [0.3, 0.4) is 0 Å². The first-order chi connectivity index (χ1) is 7.27. The van der Waals surface area contributed by atoms with Crippen molar-refractivity contribution in [3.8, 4) is 0 Å². The van der Waals surface area contributed by atoms with Crippen LogP contribution >= 0.6 is 0 Å². The maximum Gasteiger partial charge on any atom is 0.0829 e. The predicted octanol–water partition coefficient (Wildman–Crippen LogP) is 1.85. The number of hydrogen-bond acceptors (Lipinski definition) is 2. The van der Waals surface area contributed by atoms with Gasteiger partial charge in [-0.3, -0.25) is 4.99 Å². The molecule has 0 unspecified atom stereocenters. The van der Waals surface area contributed by atoms with Crippen LogP contribution in [0.1, 0.15) is 23.1 Å². The van der Waals surface area contributed by atoms with Gasteiger partial charge in [-0.05, 0) is 37.3 Å². The molecule has 0 amide bonds. The first kappa shape index (κ1) is 8.96. The van der Waals surface area contributed by atoms with E-state index in [0.29, 0.717) is 0 Å². The lowest BCUT2D eigenvalue weighted by Gasteiger charge is -2.34. The van der Waals surface area contributed by atoms with Gasteiger partial charge < -0.3 is 5.32 Å². The van der Waals surface area contributed by atoms with E-state index in [1.165, 1.54) is 29.5 Å². The summed E-state index contributed by atoms with van der Waals surface area (Å²) < 4.78 is 0. The molecule has 1 atom stereocenters. The lowest BCUT2D eigenvalue weighted by atomic mass is 9.78. The van der Waals surface area contributed by atoms with Crippen LogP contribution in [0.5, 0.6) is 0 Å². The zero-order valence-corrected chi connectivity index (χ0v) is 9.09. The highest BCUT2D eigenvalue weighted by molar-refractivity contribution is 5.59. The third kappa shape index (κ3) is 1.44. The van der Waals surface area contributed by atoms with Gasteiger partial charge >= 0.3 is 0 Å². The van der Waals surface area contributed by atoms with Gasteiger partial charge in [-0.1, -0.05) is 23.8 Å². The SMILES string of the molecule is Cc1ccc2c(c1)C[C@@]1(CC2)CN=CN1. The summed E-state index contributed by atoms with van der Waals surface area (Å²) in [6.07, 6.45) is 5.40. The fraction of sp³-hybridized carbons (Fsp3) is 0.462. The highest BCUT2D eigenvalue weighted by Gasteiger charge is 2.35. The van der Waals surface area contributed by atoms with Gasteiger partial charge in [-0.15, -0.1) is 0 Å². The van der Waals surface area contributed by atoms with Crippen LogP contribution in [0, 0.1) is 6.92 Å². The van der Waals surface area contributed by atoms with E-state index < -0.39 is 0 Å². The van der Waals surface area contributed by atoms with Crippen LogP contribution in [0.15, 0.2) is 23.2 Å². The molecule has 0 aromatic heterocycles. The molecule has 1 aliphatic carbocycles. The van der Waals surface area contributed by atoms with Crippen LogP contribution < -0.4 is 5.32 Å². The summed E-state index contributed by atoms with van der Waals surface area (Å²) >= 11 is 0. The molecule has 1 aromatic rings. The Morgan fingerprint density at radius 1 is 1.33 bits per heavy atom. The van der Waals surface area contributed by atoms with E-state index in [2.05, 4.69) is 35.4 Å². The Bertz CT molecular complexity index is 413. The van der Waals surface area contributed by atoms with E-state index in [4.69, 9.17) is 0 Å². The summed E-state index contributed by atoms with van der Waals surface area (Å²) in [6, 6.07) is 6.83. The number of fused-ring (bicyclic) bond motifs is 1. The van der Waals surface area contributed by atoms with E-state index in [-0.39, 0.29) is 5.54 Å². The second kappa shape index (κ2) is 3.09. The zero-order chi connectivity index (χ0) is 10.3. The van der Waals surface area contributed by atoms with Crippen molar-refractivity contribution in [2.75, 3.05) is 6.54 Å². The van der Waals surface area contributed by atoms with E-state index in [1.54, 1.807) is 0 Å². The monoisotopic (exact) mass is 200 g/mol. The van der Waals surface area contributed by atoms with E-state index in [9.17, 15) is 0 Å². The molecule has 78 valence electrons. The van der Waals surface area contributed by atoms with Gasteiger partial charge in [0.05, 0.1) is 18.4 Å². The zero-order valence-electron chi connectivity index (χ0n) is 9.09. The predicted molar refractivity (Wildman–Crippen MR) is 62.4 cm³/mol. The molecule has 1 heterocycles. The second-order valence-electron chi connectivity index (χ2n) is 4.84. The van der Waals surface area contributed by atoms with E-state index in [0.717, 1.165) is 13.0 Å². The maximum atomic E-state index is 4.32. The molecule has 0 saturated heterocycles. The van der Waals surface area contributed by atoms with Gasteiger partial charge in [0, 0.05) is 0 Å². The molecule has 0 saturated carbocycles. The Morgan fingerprint density at radius 3 is 3.07 bits per heavy atom. The molecule has 3 rings (SSSR count). The molecule has 1 aromatic carbocycles. The lowest BCUT2D eigenvalue weighted by molar-refractivity contribution is 0.363. The molecule has 1 aliphatic heterocycles. The van der Waals surface area contributed by atoms with Gasteiger partial charge in [-0.25, -0.2) is 0 Å². The number of nitrogens with one attached hydrogen (secondary N) is 1. The van der Waals surface area contributed by atoms with Crippen molar-refractivity contribution in [1.29, 1.82) is 0 Å². The molecule has 1 spiro atoms. The summed E-state index contributed by atoms with van der Waals surface area (Å²) in [7, 11) is 0. The summed E-state index contributed by atoms with van der Waals surface area (Å²) in [5.41, 5.74) is 4.64. The van der Waals surface area contributed by atoms with Crippen molar-refractivity contribution in [1.82, 2.24) is 5.32 Å². The van der Waals surface area contributed by atoms with Crippen molar-refractivity contribution in [3.05, 3.63) is 34.9 Å². The number of aryl methyl sites for hydroxylation is 2. The number of hydrogen-bond donors (Lipinski definition) is 1. The van der Waals surface area contributed by atoms with Crippen molar-refractivity contribution < 1.29 is 0 Å². The third-order valence-electron chi connectivity index (χ3n) is 3.62. The minimum Gasteiger partial charge on any atom is -0.369 e. The molecule has 2 nitrogen and oxygen atoms in total. The van der Waals surface area contributed by atoms with Gasteiger partial charge in [0.25, 0.3) is 0 Å². The van der Waals surface area contributed by atoms with Crippen molar-refractivity contribution in [3.63, 3.8) is 0 Å². The van der Waals surface area contributed by atoms with Crippen LogP contribution in [0.2, 0.25) is 0 Å². The molecule has 0 fully saturated rings. The van der Waals surface area contributed by atoms with Crippen LogP contribution in [-0.2, 0) is 12.8 Å². The van der Waals surface area contributed by atoms with Gasteiger partial charge in [-0.2, -0.15) is 0 Å². The fourth-order valence-corrected chi connectivity index (χ4v) is 2.70. The average Bonchev–Trinajstić information content (AvgIpc) is 2.66. The number of rotatable bonds is 0. The van der Waals surface area contributed by atoms with E-state index in [1.807, 2.05) is 6.34 Å². The number of nitrogens with zero attached hydrogens (tertiary/aromatic N) is 1. The minimum absolute atomic E-state index is 0.237. The molecule has 0 radical (unpaired) electrons. The first-order valence-corrected chi connectivity index (χ1v) is 5.62. The van der Waals surface area contributed by atoms with E-state index >= 15 is 0 Å².